The molecule has 0 unspecified atom stereocenters. The maximum absolute atomic E-state index is 12.3. The molecule has 26 heavy (non-hydrogen) atoms. The standard InChI is InChI=1S/C20H24BrN3O2/c1-23-10-12-24(13-11-23)19-8-3-2-7-18(19)22-20(25)9-14-26-17-6-4-5-16(21)15-17/h2-8,15H,9-14H2,1H3,(H,22,25). The Kier molecular flexibility index (Phi) is 6.52. The zero-order valence-electron chi connectivity index (χ0n) is 15.0. The van der Waals surface area contributed by atoms with Gasteiger partial charge in [-0.15, -0.1) is 0 Å². The Morgan fingerprint density at radius 3 is 2.65 bits per heavy atom. The van der Waals surface area contributed by atoms with Gasteiger partial charge in [0.25, 0.3) is 0 Å². The van der Waals surface area contributed by atoms with Crippen LogP contribution in [0.3, 0.4) is 0 Å². The number of nitrogens with zero attached hydrogens (tertiary/aromatic N) is 2. The van der Waals surface area contributed by atoms with Crippen molar-refractivity contribution in [3.05, 3.63) is 53.0 Å². The fourth-order valence-electron chi connectivity index (χ4n) is 2.93. The molecule has 0 atom stereocenters. The van der Waals surface area contributed by atoms with E-state index in [1.165, 1.54) is 0 Å². The highest BCUT2D eigenvalue weighted by atomic mass is 79.9. The first-order valence-corrected chi connectivity index (χ1v) is 9.62. The molecule has 1 N–H and O–H groups in total. The SMILES string of the molecule is CN1CCN(c2ccccc2NC(=O)CCOc2cccc(Br)c2)CC1. The van der Waals surface area contributed by atoms with Gasteiger partial charge in [0.1, 0.15) is 5.75 Å². The first-order valence-electron chi connectivity index (χ1n) is 8.82. The van der Waals surface area contributed by atoms with Crippen molar-refractivity contribution in [1.82, 2.24) is 4.90 Å². The predicted molar refractivity (Wildman–Crippen MR) is 109 cm³/mol. The fourth-order valence-corrected chi connectivity index (χ4v) is 3.31. The van der Waals surface area contributed by atoms with Crippen LogP contribution in [0.2, 0.25) is 0 Å². The van der Waals surface area contributed by atoms with Gasteiger partial charge in [-0.2, -0.15) is 0 Å². The first-order chi connectivity index (χ1) is 12.6. The average Bonchev–Trinajstić information content (AvgIpc) is 2.63. The average molecular weight is 418 g/mol. The van der Waals surface area contributed by atoms with Gasteiger partial charge in [0, 0.05) is 30.7 Å². The summed E-state index contributed by atoms with van der Waals surface area (Å²) >= 11 is 3.41. The summed E-state index contributed by atoms with van der Waals surface area (Å²) in [6, 6.07) is 15.6. The lowest BCUT2D eigenvalue weighted by Gasteiger charge is -2.35. The molecule has 0 saturated carbocycles. The van der Waals surface area contributed by atoms with Gasteiger partial charge in [0.15, 0.2) is 0 Å². The molecule has 1 heterocycles. The highest BCUT2D eigenvalue weighted by molar-refractivity contribution is 9.10. The minimum absolute atomic E-state index is 0.0402. The molecule has 0 bridgehead atoms. The van der Waals surface area contributed by atoms with Gasteiger partial charge >= 0.3 is 0 Å². The molecule has 3 rings (SSSR count). The number of likely N-dealkylation sites (N-methyl/N-ethyl adjacent to an activating group) is 1. The Morgan fingerprint density at radius 2 is 1.88 bits per heavy atom. The lowest BCUT2D eigenvalue weighted by molar-refractivity contribution is -0.116. The summed E-state index contributed by atoms with van der Waals surface area (Å²) in [5.41, 5.74) is 1.95. The molecular formula is C20H24BrN3O2. The number of para-hydroxylation sites is 2. The predicted octanol–water partition coefficient (Wildman–Crippen LogP) is 3.61. The van der Waals surface area contributed by atoms with Crippen LogP contribution in [0.1, 0.15) is 6.42 Å². The number of ether oxygens (including phenoxy) is 1. The molecule has 1 saturated heterocycles. The number of nitrogens with one attached hydrogen (secondary N) is 1. The number of carbonyl (C=O) groups excluding carboxylic acids is 1. The van der Waals surface area contributed by atoms with Gasteiger partial charge in [-0.1, -0.05) is 34.1 Å². The van der Waals surface area contributed by atoms with Gasteiger partial charge in [-0.05, 0) is 37.4 Å². The molecule has 0 aromatic heterocycles. The van der Waals surface area contributed by atoms with E-state index in [0.717, 1.165) is 47.8 Å². The third kappa shape index (κ3) is 5.22. The lowest BCUT2D eigenvalue weighted by atomic mass is 10.2. The number of hydrogen-bond acceptors (Lipinski definition) is 4. The monoisotopic (exact) mass is 417 g/mol. The number of carbonyl (C=O) groups is 1. The Morgan fingerprint density at radius 1 is 1.12 bits per heavy atom. The van der Waals surface area contributed by atoms with Crippen LogP contribution in [0.4, 0.5) is 11.4 Å². The molecule has 0 aliphatic carbocycles. The van der Waals surface area contributed by atoms with Crippen LogP contribution < -0.4 is 15.0 Å². The summed E-state index contributed by atoms with van der Waals surface area (Å²) in [7, 11) is 2.14. The van der Waals surface area contributed by atoms with E-state index >= 15 is 0 Å². The fraction of sp³-hybridized carbons (Fsp3) is 0.350. The van der Waals surface area contributed by atoms with E-state index in [9.17, 15) is 4.79 Å². The van der Waals surface area contributed by atoms with Gasteiger partial charge in [0.05, 0.1) is 24.4 Å². The number of hydrogen-bond donors (Lipinski definition) is 1. The van der Waals surface area contributed by atoms with Crippen LogP contribution in [-0.2, 0) is 4.79 Å². The van der Waals surface area contributed by atoms with Gasteiger partial charge < -0.3 is 19.9 Å². The summed E-state index contributed by atoms with van der Waals surface area (Å²) in [4.78, 5) is 17.0. The van der Waals surface area contributed by atoms with Gasteiger partial charge in [0.2, 0.25) is 5.91 Å². The number of rotatable bonds is 6. The van der Waals surface area contributed by atoms with Crippen LogP contribution in [0.25, 0.3) is 0 Å². The van der Waals surface area contributed by atoms with E-state index < -0.39 is 0 Å². The number of halogens is 1. The zero-order chi connectivity index (χ0) is 18.4. The molecule has 2 aromatic rings. The molecule has 1 aliphatic rings. The number of piperazine rings is 1. The summed E-state index contributed by atoms with van der Waals surface area (Å²) in [6.45, 7) is 4.34. The second-order valence-corrected chi connectivity index (χ2v) is 7.33. The van der Waals surface area contributed by atoms with E-state index in [0.29, 0.717) is 13.0 Å². The van der Waals surface area contributed by atoms with Crippen LogP contribution in [0, 0.1) is 0 Å². The lowest BCUT2D eigenvalue weighted by Crippen LogP contribution is -2.44. The van der Waals surface area contributed by atoms with Crippen LogP contribution in [0.5, 0.6) is 5.75 Å². The van der Waals surface area contributed by atoms with Crippen molar-refractivity contribution in [2.24, 2.45) is 0 Å². The van der Waals surface area contributed by atoms with Gasteiger partial charge in [-0.25, -0.2) is 0 Å². The second kappa shape index (κ2) is 9.05. The maximum atomic E-state index is 12.3. The molecular weight excluding hydrogens is 394 g/mol. The third-order valence-electron chi connectivity index (χ3n) is 4.42. The summed E-state index contributed by atoms with van der Waals surface area (Å²) in [5.74, 6) is 0.714. The topological polar surface area (TPSA) is 44.8 Å². The third-order valence-corrected chi connectivity index (χ3v) is 4.91. The molecule has 1 fully saturated rings. The number of anilines is 2. The van der Waals surface area contributed by atoms with Crippen molar-refractivity contribution >= 4 is 33.2 Å². The minimum atomic E-state index is -0.0402. The Balaban J connectivity index is 1.54. The largest absolute Gasteiger partial charge is 0.493 e. The van der Waals surface area contributed by atoms with E-state index in [1.807, 2.05) is 42.5 Å². The van der Waals surface area contributed by atoms with Crippen molar-refractivity contribution in [2.45, 2.75) is 6.42 Å². The molecule has 6 heteroatoms. The number of benzene rings is 2. The van der Waals surface area contributed by atoms with E-state index in [-0.39, 0.29) is 5.91 Å². The van der Waals surface area contributed by atoms with Crippen LogP contribution >= 0.6 is 15.9 Å². The Labute approximate surface area is 163 Å². The highest BCUT2D eigenvalue weighted by Gasteiger charge is 2.17. The molecule has 138 valence electrons. The summed E-state index contributed by atoms with van der Waals surface area (Å²) < 4.78 is 6.61. The zero-order valence-corrected chi connectivity index (χ0v) is 16.5. The van der Waals surface area contributed by atoms with E-state index in [2.05, 4.69) is 44.2 Å². The molecule has 1 amide bonds. The van der Waals surface area contributed by atoms with E-state index in [4.69, 9.17) is 4.74 Å². The van der Waals surface area contributed by atoms with Crippen molar-refractivity contribution in [3.8, 4) is 5.75 Å². The van der Waals surface area contributed by atoms with Crippen molar-refractivity contribution in [1.29, 1.82) is 0 Å². The van der Waals surface area contributed by atoms with Crippen molar-refractivity contribution in [3.63, 3.8) is 0 Å². The quantitative estimate of drug-likeness (QED) is 0.779. The maximum Gasteiger partial charge on any atom is 0.227 e. The summed E-state index contributed by atoms with van der Waals surface area (Å²) in [5, 5.41) is 3.03. The Bertz CT molecular complexity index is 745. The minimum Gasteiger partial charge on any atom is -0.493 e. The van der Waals surface area contributed by atoms with Crippen LogP contribution in [-0.4, -0.2) is 50.6 Å². The Hall–Kier alpha value is -2.05. The molecule has 0 spiro atoms. The molecule has 0 radical (unpaired) electrons. The van der Waals surface area contributed by atoms with Crippen molar-refractivity contribution in [2.75, 3.05) is 50.1 Å². The van der Waals surface area contributed by atoms with Gasteiger partial charge in [-0.3, -0.25) is 4.79 Å². The molecule has 5 nitrogen and oxygen atoms in total. The molecule has 2 aromatic carbocycles. The second-order valence-electron chi connectivity index (χ2n) is 6.41. The van der Waals surface area contributed by atoms with Crippen LogP contribution in [0.15, 0.2) is 53.0 Å². The van der Waals surface area contributed by atoms with Crippen molar-refractivity contribution < 1.29 is 9.53 Å². The number of amides is 1. The first kappa shape index (κ1) is 18.7. The molecule has 1 aliphatic heterocycles. The highest BCUT2D eigenvalue weighted by Crippen LogP contribution is 2.26. The smallest absolute Gasteiger partial charge is 0.227 e. The normalized spacial score (nSPS) is 14.9. The summed E-state index contributed by atoms with van der Waals surface area (Å²) in [6.07, 6.45) is 0.309. The van der Waals surface area contributed by atoms with E-state index in [1.54, 1.807) is 0 Å².